The van der Waals surface area contributed by atoms with Gasteiger partial charge in [-0.25, -0.2) is 9.83 Å². The lowest BCUT2D eigenvalue weighted by molar-refractivity contribution is 0.0925. The first-order valence-electron chi connectivity index (χ1n) is 10.5. The maximum absolute atomic E-state index is 12.7. The minimum Gasteiger partial charge on any atom is -0.349 e. The molecule has 0 aliphatic heterocycles. The Labute approximate surface area is 198 Å². The van der Waals surface area contributed by atoms with Gasteiger partial charge in [0.15, 0.2) is 11.5 Å². The zero-order valence-corrected chi connectivity index (χ0v) is 19.6. The summed E-state index contributed by atoms with van der Waals surface area (Å²) < 4.78 is 3.21. The lowest BCUT2D eigenvalue weighted by Gasteiger charge is -2.31. The summed E-state index contributed by atoms with van der Waals surface area (Å²) in [5, 5.41) is 3.23. The van der Waals surface area contributed by atoms with Crippen LogP contribution in [0.15, 0.2) is 58.5 Å². The second-order valence-electron chi connectivity index (χ2n) is 7.90. The summed E-state index contributed by atoms with van der Waals surface area (Å²) >= 11 is 4.87. The average molecular weight is 506 g/mol. The largest absolute Gasteiger partial charge is 0.349 e. The number of pyridine rings is 1. The Kier molecular flexibility index (Phi) is 5.77. The van der Waals surface area contributed by atoms with Crippen molar-refractivity contribution >= 4 is 49.9 Å². The van der Waals surface area contributed by atoms with Crippen molar-refractivity contribution in [3.05, 3.63) is 74.8 Å². The molecule has 160 valence electrons. The lowest BCUT2D eigenvalue weighted by Crippen LogP contribution is -2.38. The Morgan fingerprint density at radius 2 is 2.12 bits per heavy atom. The fourth-order valence-corrected chi connectivity index (χ4v) is 5.71. The number of amides is 1. The number of aromatic nitrogens is 3. The van der Waals surface area contributed by atoms with Crippen LogP contribution in [0.2, 0.25) is 0 Å². The summed E-state index contributed by atoms with van der Waals surface area (Å²) in [4.78, 5) is 26.4. The molecular weight excluding hydrogens is 486 g/mol. The van der Waals surface area contributed by atoms with Crippen LogP contribution in [0.3, 0.4) is 0 Å². The van der Waals surface area contributed by atoms with Crippen molar-refractivity contribution in [3.63, 3.8) is 0 Å². The first kappa shape index (κ1) is 20.9. The number of nitrogens with zero attached hydrogens (tertiary/aromatic N) is 4. The number of carbonyl (C=O) groups is 1. The van der Waals surface area contributed by atoms with Crippen LogP contribution in [-0.2, 0) is 0 Å². The number of carbonyl (C=O) groups excluding carboxylic acids is 1. The van der Waals surface area contributed by atoms with E-state index in [1.807, 2.05) is 48.5 Å². The number of nitrogens with one attached hydrogen (secondary N) is 1. The van der Waals surface area contributed by atoms with Gasteiger partial charge in [-0.3, -0.25) is 9.78 Å². The standard InChI is InChI=1S/C24H20BrN5OS/c1-26-15-8-9-20-19(14-15)29-23(18-7-2-3-12-27-18)30(20)17-6-4-5-16(13-17)28-24(31)21-10-11-22(25)32-21/h2-3,7-12,14,16-17H,4-6,13H2,(H,28,31). The highest BCUT2D eigenvalue weighted by molar-refractivity contribution is 9.11. The second kappa shape index (κ2) is 8.85. The van der Waals surface area contributed by atoms with Gasteiger partial charge in [-0.15, -0.1) is 11.3 Å². The van der Waals surface area contributed by atoms with E-state index in [0.29, 0.717) is 10.6 Å². The van der Waals surface area contributed by atoms with Crippen LogP contribution in [0.25, 0.3) is 27.4 Å². The van der Waals surface area contributed by atoms with E-state index in [0.717, 1.165) is 52.0 Å². The molecule has 4 aromatic rings. The molecule has 1 aliphatic rings. The van der Waals surface area contributed by atoms with Crippen molar-refractivity contribution in [3.8, 4) is 11.5 Å². The molecule has 1 aromatic carbocycles. The lowest BCUT2D eigenvalue weighted by atomic mass is 9.90. The molecule has 2 atom stereocenters. The Balaban J connectivity index is 1.49. The molecule has 1 saturated carbocycles. The molecule has 3 heterocycles. The molecule has 0 spiro atoms. The highest BCUT2D eigenvalue weighted by Crippen LogP contribution is 2.36. The number of hydrogen-bond acceptors (Lipinski definition) is 4. The van der Waals surface area contributed by atoms with E-state index >= 15 is 0 Å². The summed E-state index contributed by atoms with van der Waals surface area (Å²) in [6.45, 7) is 7.34. The smallest absolute Gasteiger partial charge is 0.261 e. The molecule has 1 amide bonds. The van der Waals surface area contributed by atoms with E-state index in [-0.39, 0.29) is 18.0 Å². The van der Waals surface area contributed by atoms with Gasteiger partial charge in [0.2, 0.25) is 0 Å². The first-order chi connectivity index (χ1) is 15.6. The summed E-state index contributed by atoms with van der Waals surface area (Å²) in [7, 11) is 0. The molecule has 2 unspecified atom stereocenters. The van der Waals surface area contributed by atoms with E-state index in [4.69, 9.17) is 11.6 Å². The fourth-order valence-electron chi connectivity index (χ4n) is 4.42. The fraction of sp³-hybridized carbons (Fsp3) is 0.250. The van der Waals surface area contributed by atoms with Crippen molar-refractivity contribution in [2.45, 2.75) is 37.8 Å². The number of hydrogen-bond donors (Lipinski definition) is 1. The van der Waals surface area contributed by atoms with Gasteiger partial charge in [-0.1, -0.05) is 12.1 Å². The van der Waals surface area contributed by atoms with Gasteiger partial charge in [0.25, 0.3) is 5.91 Å². The summed E-state index contributed by atoms with van der Waals surface area (Å²) in [5.74, 6) is 0.787. The predicted molar refractivity (Wildman–Crippen MR) is 130 cm³/mol. The minimum absolute atomic E-state index is 0.0199. The van der Waals surface area contributed by atoms with Gasteiger partial charge in [-0.2, -0.15) is 0 Å². The van der Waals surface area contributed by atoms with Crippen LogP contribution in [0.4, 0.5) is 5.69 Å². The third kappa shape index (κ3) is 4.06. The number of halogens is 1. The van der Waals surface area contributed by atoms with Crippen LogP contribution in [0, 0.1) is 6.57 Å². The predicted octanol–water partition coefficient (Wildman–Crippen LogP) is 6.39. The highest BCUT2D eigenvalue weighted by Gasteiger charge is 2.28. The Morgan fingerprint density at radius 3 is 2.88 bits per heavy atom. The molecule has 0 bridgehead atoms. The maximum Gasteiger partial charge on any atom is 0.261 e. The number of fused-ring (bicyclic) bond motifs is 1. The quantitative estimate of drug-likeness (QED) is 0.327. The van der Waals surface area contributed by atoms with Crippen molar-refractivity contribution in [1.82, 2.24) is 19.9 Å². The number of benzene rings is 1. The molecule has 32 heavy (non-hydrogen) atoms. The van der Waals surface area contributed by atoms with E-state index in [1.54, 1.807) is 6.20 Å². The van der Waals surface area contributed by atoms with E-state index in [9.17, 15) is 4.79 Å². The number of rotatable bonds is 4. The SMILES string of the molecule is [C-]#[N+]c1ccc2c(c1)nc(-c1ccccn1)n2C1CCCC(NC(=O)c2ccc(Br)s2)C1. The van der Waals surface area contributed by atoms with Gasteiger partial charge in [0.05, 0.1) is 26.3 Å². The van der Waals surface area contributed by atoms with Crippen LogP contribution in [0.1, 0.15) is 41.4 Å². The van der Waals surface area contributed by atoms with Gasteiger partial charge >= 0.3 is 0 Å². The zero-order chi connectivity index (χ0) is 22.1. The normalized spacial score (nSPS) is 18.4. The molecule has 0 radical (unpaired) electrons. The van der Waals surface area contributed by atoms with E-state index in [2.05, 4.69) is 35.6 Å². The maximum atomic E-state index is 12.7. The van der Waals surface area contributed by atoms with Gasteiger partial charge in [0, 0.05) is 18.3 Å². The third-order valence-corrected chi connectivity index (χ3v) is 7.46. The molecule has 1 aliphatic carbocycles. The Bertz CT molecular complexity index is 1320. The zero-order valence-electron chi connectivity index (χ0n) is 17.2. The van der Waals surface area contributed by atoms with E-state index < -0.39 is 0 Å². The van der Waals surface area contributed by atoms with Crippen molar-refractivity contribution in [2.75, 3.05) is 0 Å². The van der Waals surface area contributed by atoms with Gasteiger partial charge in [-0.05, 0) is 78.0 Å². The number of thiophene rings is 1. The Morgan fingerprint density at radius 1 is 1.22 bits per heavy atom. The second-order valence-corrected chi connectivity index (χ2v) is 10.4. The van der Waals surface area contributed by atoms with Crippen molar-refractivity contribution in [2.24, 2.45) is 0 Å². The van der Waals surface area contributed by atoms with Crippen LogP contribution in [0.5, 0.6) is 0 Å². The molecule has 6 nitrogen and oxygen atoms in total. The molecule has 1 N–H and O–H groups in total. The topological polar surface area (TPSA) is 64.2 Å². The monoisotopic (exact) mass is 505 g/mol. The van der Waals surface area contributed by atoms with Crippen LogP contribution in [-0.4, -0.2) is 26.5 Å². The van der Waals surface area contributed by atoms with Crippen molar-refractivity contribution in [1.29, 1.82) is 0 Å². The molecular formula is C24H20BrN5OS. The summed E-state index contributed by atoms with van der Waals surface area (Å²) in [5.41, 5.74) is 3.18. The van der Waals surface area contributed by atoms with Gasteiger partial charge in [0.1, 0.15) is 5.69 Å². The molecule has 8 heteroatoms. The first-order valence-corrected chi connectivity index (χ1v) is 12.1. The molecule has 1 fully saturated rings. The van der Waals surface area contributed by atoms with Crippen LogP contribution < -0.4 is 5.32 Å². The minimum atomic E-state index is -0.0199. The average Bonchev–Trinajstić information content (AvgIpc) is 3.43. The molecule has 3 aromatic heterocycles. The summed E-state index contributed by atoms with van der Waals surface area (Å²) in [6, 6.07) is 15.5. The molecule has 5 rings (SSSR count). The third-order valence-electron chi connectivity index (χ3n) is 5.84. The summed E-state index contributed by atoms with van der Waals surface area (Å²) in [6.07, 6.45) is 5.58. The van der Waals surface area contributed by atoms with E-state index in [1.165, 1.54) is 11.3 Å². The van der Waals surface area contributed by atoms with Crippen molar-refractivity contribution < 1.29 is 4.79 Å². The van der Waals surface area contributed by atoms with Gasteiger partial charge < -0.3 is 9.88 Å². The van der Waals surface area contributed by atoms with Crippen LogP contribution >= 0.6 is 27.3 Å². The molecule has 0 saturated heterocycles. The Hall–Kier alpha value is -3.02. The highest BCUT2D eigenvalue weighted by atomic mass is 79.9. The number of imidazole rings is 1.